The van der Waals surface area contributed by atoms with Crippen LogP contribution in [0, 0.1) is 5.92 Å². The minimum absolute atomic E-state index is 0.0273. The molecule has 0 saturated carbocycles. The summed E-state index contributed by atoms with van der Waals surface area (Å²) in [4.78, 5) is 11.5. The molecule has 0 spiro atoms. The van der Waals surface area contributed by atoms with E-state index >= 15 is 0 Å². The molecule has 6 heteroatoms. The molecular formula is C14H18O5S. The van der Waals surface area contributed by atoms with Crippen LogP contribution in [0.1, 0.15) is 24.3 Å². The molecule has 1 fully saturated rings. The highest BCUT2D eigenvalue weighted by Crippen LogP contribution is 2.38. The first-order valence-corrected chi connectivity index (χ1v) is 8.33. The molecule has 5 nitrogen and oxygen atoms in total. The van der Waals surface area contributed by atoms with Crippen molar-refractivity contribution in [2.45, 2.75) is 18.8 Å². The molecule has 0 aliphatic carbocycles. The van der Waals surface area contributed by atoms with Gasteiger partial charge in [-0.05, 0) is 24.5 Å². The lowest BCUT2D eigenvalue weighted by atomic mass is 9.82. The van der Waals surface area contributed by atoms with Gasteiger partial charge in [0.2, 0.25) is 0 Å². The van der Waals surface area contributed by atoms with Crippen LogP contribution in [0.2, 0.25) is 0 Å². The lowest BCUT2D eigenvalue weighted by Crippen LogP contribution is -2.22. The SMILES string of the molecule is COc1ccccc1C1CCS(=O)(=O)CCC1C(=O)O. The average molecular weight is 298 g/mol. The molecule has 1 saturated heterocycles. The number of benzene rings is 1. The topological polar surface area (TPSA) is 80.7 Å². The van der Waals surface area contributed by atoms with Gasteiger partial charge in [0.25, 0.3) is 0 Å². The molecule has 1 aliphatic heterocycles. The summed E-state index contributed by atoms with van der Waals surface area (Å²) < 4.78 is 28.8. The van der Waals surface area contributed by atoms with E-state index in [0.717, 1.165) is 5.56 Å². The molecule has 2 unspecified atom stereocenters. The Bertz CT molecular complexity index is 593. The van der Waals surface area contributed by atoms with Crippen molar-refractivity contribution in [2.24, 2.45) is 5.92 Å². The van der Waals surface area contributed by atoms with Crippen molar-refractivity contribution >= 4 is 15.8 Å². The largest absolute Gasteiger partial charge is 0.496 e. The van der Waals surface area contributed by atoms with Crippen LogP contribution >= 0.6 is 0 Å². The molecule has 1 heterocycles. The molecule has 0 bridgehead atoms. The highest BCUT2D eigenvalue weighted by Gasteiger charge is 2.35. The maximum absolute atomic E-state index is 11.7. The van der Waals surface area contributed by atoms with Crippen LogP contribution in [0.3, 0.4) is 0 Å². The van der Waals surface area contributed by atoms with Crippen LogP contribution in [-0.2, 0) is 14.6 Å². The fourth-order valence-corrected chi connectivity index (χ4v) is 4.19. The molecule has 1 aromatic rings. The van der Waals surface area contributed by atoms with E-state index in [2.05, 4.69) is 0 Å². The molecule has 1 N–H and O–H groups in total. The number of sulfone groups is 1. The summed E-state index contributed by atoms with van der Waals surface area (Å²) in [5.41, 5.74) is 0.777. The molecule has 0 amide bonds. The number of carbonyl (C=O) groups is 1. The van der Waals surface area contributed by atoms with Gasteiger partial charge in [0, 0.05) is 5.92 Å². The summed E-state index contributed by atoms with van der Waals surface area (Å²) in [6, 6.07) is 7.22. The molecule has 20 heavy (non-hydrogen) atoms. The predicted octanol–water partition coefficient (Wildman–Crippen LogP) is 1.69. The predicted molar refractivity (Wildman–Crippen MR) is 74.7 cm³/mol. The van der Waals surface area contributed by atoms with Gasteiger partial charge in [-0.1, -0.05) is 18.2 Å². The Balaban J connectivity index is 2.42. The number of ether oxygens (including phenoxy) is 1. The van der Waals surface area contributed by atoms with Crippen LogP contribution in [0.5, 0.6) is 5.75 Å². The van der Waals surface area contributed by atoms with Gasteiger partial charge in [0.15, 0.2) is 0 Å². The fraction of sp³-hybridized carbons (Fsp3) is 0.500. The number of para-hydroxylation sites is 1. The molecular weight excluding hydrogens is 280 g/mol. The average Bonchev–Trinajstić information content (AvgIpc) is 2.57. The van der Waals surface area contributed by atoms with E-state index in [1.165, 1.54) is 7.11 Å². The number of aliphatic carboxylic acids is 1. The van der Waals surface area contributed by atoms with Gasteiger partial charge in [0.05, 0.1) is 24.5 Å². The molecule has 110 valence electrons. The van der Waals surface area contributed by atoms with Crippen molar-refractivity contribution in [1.29, 1.82) is 0 Å². The first-order chi connectivity index (χ1) is 9.44. The second kappa shape index (κ2) is 5.83. The summed E-state index contributed by atoms with van der Waals surface area (Å²) in [6.07, 6.45) is 0.472. The van der Waals surface area contributed by atoms with E-state index in [4.69, 9.17) is 4.74 Å². The van der Waals surface area contributed by atoms with Crippen LogP contribution < -0.4 is 4.74 Å². The summed E-state index contributed by atoms with van der Waals surface area (Å²) in [5.74, 6) is -1.39. The Hall–Kier alpha value is -1.56. The van der Waals surface area contributed by atoms with Gasteiger partial charge in [-0.25, -0.2) is 8.42 Å². The summed E-state index contributed by atoms with van der Waals surface area (Å²) in [7, 11) is -1.62. The monoisotopic (exact) mass is 298 g/mol. The number of rotatable bonds is 3. The first-order valence-electron chi connectivity index (χ1n) is 6.51. The lowest BCUT2D eigenvalue weighted by Gasteiger charge is -2.23. The Morgan fingerprint density at radius 2 is 1.90 bits per heavy atom. The van der Waals surface area contributed by atoms with Gasteiger partial charge in [0.1, 0.15) is 15.6 Å². The molecule has 1 aromatic carbocycles. The quantitative estimate of drug-likeness (QED) is 0.918. The van der Waals surface area contributed by atoms with Gasteiger partial charge < -0.3 is 9.84 Å². The molecule has 2 atom stereocenters. The number of hydrogen-bond acceptors (Lipinski definition) is 4. The Morgan fingerprint density at radius 1 is 1.25 bits per heavy atom. The van der Waals surface area contributed by atoms with E-state index in [0.29, 0.717) is 12.2 Å². The fourth-order valence-electron chi connectivity index (χ4n) is 2.76. The minimum atomic E-state index is -3.15. The van der Waals surface area contributed by atoms with Crippen molar-refractivity contribution in [3.05, 3.63) is 29.8 Å². The Kier molecular flexibility index (Phi) is 4.32. The summed E-state index contributed by atoms with van der Waals surface area (Å²) in [6.45, 7) is 0. The van der Waals surface area contributed by atoms with Crippen LogP contribution in [0.4, 0.5) is 0 Å². The van der Waals surface area contributed by atoms with Crippen LogP contribution in [0.15, 0.2) is 24.3 Å². The van der Waals surface area contributed by atoms with Crippen molar-refractivity contribution in [2.75, 3.05) is 18.6 Å². The maximum Gasteiger partial charge on any atom is 0.307 e. The summed E-state index contributed by atoms with van der Waals surface area (Å²) in [5, 5.41) is 9.39. The molecule has 1 aliphatic rings. The molecule has 0 aromatic heterocycles. The zero-order valence-corrected chi connectivity index (χ0v) is 12.1. The van der Waals surface area contributed by atoms with E-state index in [1.807, 2.05) is 18.2 Å². The normalized spacial score (nSPS) is 25.6. The van der Waals surface area contributed by atoms with Crippen molar-refractivity contribution in [3.8, 4) is 5.75 Å². The number of carboxylic acid groups (broad SMARTS) is 1. The lowest BCUT2D eigenvalue weighted by molar-refractivity contribution is -0.142. The third kappa shape index (κ3) is 3.12. The number of carboxylic acids is 1. The Morgan fingerprint density at radius 3 is 2.55 bits per heavy atom. The second-order valence-corrected chi connectivity index (χ2v) is 7.33. The third-order valence-corrected chi connectivity index (χ3v) is 5.54. The van der Waals surface area contributed by atoms with Gasteiger partial charge in [-0.2, -0.15) is 0 Å². The molecule has 0 radical (unpaired) electrons. The van der Waals surface area contributed by atoms with Gasteiger partial charge >= 0.3 is 5.97 Å². The van der Waals surface area contributed by atoms with E-state index in [9.17, 15) is 18.3 Å². The number of methoxy groups -OCH3 is 1. The van der Waals surface area contributed by atoms with Crippen molar-refractivity contribution in [3.63, 3.8) is 0 Å². The van der Waals surface area contributed by atoms with E-state index in [1.54, 1.807) is 6.07 Å². The highest BCUT2D eigenvalue weighted by atomic mass is 32.2. The zero-order valence-electron chi connectivity index (χ0n) is 11.3. The first kappa shape index (κ1) is 14.8. The van der Waals surface area contributed by atoms with Crippen LogP contribution in [0.25, 0.3) is 0 Å². The van der Waals surface area contributed by atoms with Gasteiger partial charge in [-0.3, -0.25) is 4.79 Å². The van der Waals surface area contributed by atoms with Crippen molar-refractivity contribution < 1.29 is 23.1 Å². The van der Waals surface area contributed by atoms with E-state index < -0.39 is 21.7 Å². The third-order valence-electron chi connectivity index (χ3n) is 3.82. The highest BCUT2D eigenvalue weighted by molar-refractivity contribution is 7.91. The number of hydrogen-bond donors (Lipinski definition) is 1. The van der Waals surface area contributed by atoms with E-state index in [-0.39, 0.29) is 23.8 Å². The van der Waals surface area contributed by atoms with Crippen molar-refractivity contribution in [1.82, 2.24) is 0 Å². The zero-order chi connectivity index (χ0) is 14.8. The second-order valence-electron chi connectivity index (χ2n) is 5.02. The van der Waals surface area contributed by atoms with Crippen LogP contribution in [-0.4, -0.2) is 38.1 Å². The smallest absolute Gasteiger partial charge is 0.307 e. The maximum atomic E-state index is 11.7. The minimum Gasteiger partial charge on any atom is -0.496 e. The van der Waals surface area contributed by atoms with Gasteiger partial charge in [-0.15, -0.1) is 0 Å². The molecule has 2 rings (SSSR count). The summed E-state index contributed by atoms with van der Waals surface area (Å²) >= 11 is 0. The standard InChI is InChI=1S/C14H18O5S/c1-19-13-5-3-2-4-11(13)10-6-8-20(17,18)9-7-12(10)14(15)16/h2-5,10,12H,6-9H2,1H3,(H,15,16). The Labute approximate surface area is 118 Å².